The molecule has 0 saturated heterocycles. The lowest BCUT2D eigenvalue weighted by atomic mass is 10.1. The summed E-state index contributed by atoms with van der Waals surface area (Å²) in [5.74, 6) is -0.967. The van der Waals surface area contributed by atoms with E-state index in [2.05, 4.69) is 15.6 Å². The lowest BCUT2D eigenvalue weighted by Crippen LogP contribution is -2.37. The molecule has 0 aliphatic rings. The first-order chi connectivity index (χ1) is 12.8. The van der Waals surface area contributed by atoms with Crippen molar-refractivity contribution in [2.45, 2.75) is 26.2 Å². The monoisotopic (exact) mass is 376 g/mol. The second-order valence-electron chi connectivity index (χ2n) is 6.17. The summed E-state index contributed by atoms with van der Waals surface area (Å²) in [5, 5.41) is 5.26. The minimum Gasteiger partial charge on any atom is -0.336 e. The van der Waals surface area contributed by atoms with Gasteiger partial charge in [0.15, 0.2) is 0 Å². The molecular formula is C19H19F3N4O. The minimum absolute atomic E-state index is 0.0344. The van der Waals surface area contributed by atoms with Gasteiger partial charge in [0.2, 0.25) is 5.82 Å². The van der Waals surface area contributed by atoms with Gasteiger partial charge in [-0.3, -0.25) is 0 Å². The van der Waals surface area contributed by atoms with Gasteiger partial charge >= 0.3 is 12.2 Å². The molecule has 3 aromatic rings. The second-order valence-corrected chi connectivity index (χ2v) is 6.17. The van der Waals surface area contributed by atoms with Crippen molar-refractivity contribution in [2.24, 2.45) is 0 Å². The molecule has 8 heteroatoms. The molecule has 142 valence electrons. The molecule has 0 unspecified atom stereocenters. The number of carbonyl (C=O) groups excluding carboxylic acids is 1. The van der Waals surface area contributed by atoms with Crippen LogP contribution in [0.25, 0.3) is 11.0 Å². The van der Waals surface area contributed by atoms with E-state index in [0.29, 0.717) is 12.1 Å². The number of carbonyl (C=O) groups is 1. The fourth-order valence-electron chi connectivity index (χ4n) is 2.75. The van der Waals surface area contributed by atoms with E-state index >= 15 is 0 Å². The molecule has 0 atom stereocenters. The summed E-state index contributed by atoms with van der Waals surface area (Å²) in [4.78, 5) is 15.6. The molecule has 0 radical (unpaired) electrons. The smallest absolute Gasteiger partial charge is 0.336 e. The average molecular weight is 376 g/mol. The fraction of sp³-hybridized carbons (Fsp3) is 0.263. The molecule has 0 aliphatic heterocycles. The van der Waals surface area contributed by atoms with Crippen molar-refractivity contribution in [2.75, 3.05) is 6.54 Å². The molecule has 3 rings (SSSR count). The summed E-state index contributed by atoms with van der Waals surface area (Å²) in [6.45, 7) is 2.32. The first-order valence-corrected chi connectivity index (χ1v) is 8.44. The first kappa shape index (κ1) is 18.8. The lowest BCUT2D eigenvalue weighted by Gasteiger charge is -2.12. The maximum absolute atomic E-state index is 13.2. The molecule has 2 N–H and O–H groups in total. The number of nitrogens with zero attached hydrogens (tertiary/aromatic N) is 2. The third-order valence-corrected chi connectivity index (χ3v) is 4.10. The van der Waals surface area contributed by atoms with Crippen LogP contribution in [-0.4, -0.2) is 22.1 Å². The Labute approximate surface area is 154 Å². The van der Waals surface area contributed by atoms with Crippen LogP contribution in [0.15, 0.2) is 48.5 Å². The third kappa shape index (κ3) is 4.58. The van der Waals surface area contributed by atoms with Gasteiger partial charge < -0.3 is 15.2 Å². The van der Waals surface area contributed by atoms with E-state index in [1.54, 1.807) is 18.2 Å². The van der Waals surface area contributed by atoms with Gasteiger partial charge in [0, 0.05) is 19.6 Å². The molecule has 0 spiro atoms. The number of rotatable bonds is 5. The van der Waals surface area contributed by atoms with Crippen LogP contribution in [0.2, 0.25) is 0 Å². The molecule has 0 saturated carbocycles. The number of halogens is 3. The van der Waals surface area contributed by atoms with Crippen LogP contribution in [-0.2, 0) is 19.3 Å². The average Bonchev–Trinajstić information content (AvgIpc) is 3.01. The number of aryl methyl sites for hydroxylation is 1. The number of para-hydroxylation sites is 2. The van der Waals surface area contributed by atoms with E-state index in [1.165, 1.54) is 6.07 Å². The van der Waals surface area contributed by atoms with Crippen molar-refractivity contribution in [3.8, 4) is 0 Å². The molecular weight excluding hydrogens is 357 g/mol. The summed E-state index contributed by atoms with van der Waals surface area (Å²) in [6, 6.07) is 13.7. The van der Waals surface area contributed by atoms with E-state index in [1.807, 2.05) is 31.2 Å². The Bertz CT molecular complexity index is 932. The highest BCUT2D eigenvalue weighted by atomic mass is 19.4. The molecule has 1 heterocycles. The van der Waals surface area contributed by atoms with Crippen molar-refractivity contribution >= 4 is 17.1 Å². The number of hydrogen-bond donors (Lipinski definition) is 2. The number of imidazole rings is 1. The fourth-order valence-corrected chi connectivity index (χ4v) is 2.75. The highest BCUT2D eigenvalue weighted by Crippen LogP contribution is 2.31. The number of benzene rings is 2. The Hall–Kier alpha value is -3.03. The normalized spacial score (nSPS) is 11.6. The van der Waals surface area contributed by atoms with Gasteiger partial charge in [0.05, 0.1) is 11.0 Å². The number of urea groups is 1. The Morgan fingerprint density at radius 2 is 1.78 bits per heavy atom. The molecule has 2 amide bonds. The molecule has 2 aromatic carbocycles. The van der Waals surface area contributed by atoms with E-state index in [-0.39, 0.29) is 18.6 Å². The standard InChI is InChI=1S/C19H19F3N4O/c1-13-6-8-14(9-7-13)12-24-18(27)23-10-11-26-16-5-3-2-4-15(16)25-17(26)19(20,21)22/h2-9H,10-12H2,1H3,(H2,23,24,27). The zero-order valence-electron chi connectivity index (χ0n) is 14.7. The molecule has 0 bridgehead atoms. The van der Waals surface area contributed by atoms with Crippen LogP contribution < -0.4 is 10.6 Å². The van der Waals surface area contributed by atoms with Crippen molar-refractivity contribution in [1.82, 2.24) is 20.2 Å². The van der Waals surface area contributed by atoms with Gasteiger partial charge in [-0.2, -0.15) is 13.2 Å². The zero-order chi connectivity index (χ0) is 19.4. The molecule has 5 nitrogen and oxygen atoms in total. The van der Waals surface area contributed by atoms with Crippen molar-refractivity contribution in [3.05, 3.63) is 65.5 Å². The summed E-state index contributed by atoms with van der Waals surface area (Å²) in [5.41, 5.74) is 2.72. The largest absolute Gasteiger partial charge is 0.449 e. The number of aromatic nitrogens is 2. The predicted octanol–water partition coefficient (Wildman–Crippen LogP) is 3.86. The maximum Gasteiger partial charge on any atom is 0.449 e. The summed E-state index contributed by atoms with van der Waals surface area (Å²) in [6.07, 6.45) is -4.56. The number of fused-ring (bicyclic) bond motifs is 1. The summed E-state index contributed by atoms with van der Waals surface area (Å²) >= 11 is 0. The van der Waals surface area contributed by atoms with Crippen LogP contribution in [0, 0.1) is 6.92 Å². The third-order valence-electron chi connectivity index (χ3n) is 4.10. The Morgan fingerprint density at radius 1 is 1.07 bits per heavy atom. The topological polar surface area (TPSA) is 59.0 Å². The van der Waals surface area contributed by atoms with Crippen LogP contribution in [0.4, 0.5) is 18.0 Å². The molecule has 0 aliphatic carbocycles. The van der Waals surface area contributed by atoms with Gasteiger partial charge in [0.25, 0.3) is 0 Å². The van der Waals surface area contributed by atoms with Gasteiger partial charge in [-0.15, -0.1) is 0 Å². The number of amides is 2. The molecule has 1 aromatic heterocycles. The Balaban J connectivity index is 1.60. The highest BCUT2D eigenvalue weighted by Gasteiger charge is 2.37. The van der Waals surface area contributed by atoms with Crippen molar-refractivity contribution in [1.29, 1.82) is 0 Å². The first-order valence-electron chi connectivity index (χ1n) is 8.44. The number of nitrogens with one attached hydrogen (secondary N) is 2. The lowest BCUT2D eigenvalue weighted by molar-refractivity contribution is -0.146. The van der Waals surface area contributed by atoms with E-state index in [9.17, 15) is 18.0 Å². The van der Waals surface area contributed by atoms with Gasteiger partial charge in [0.1, 0.15) is 0 Å². The number of hydrogen-bond acceptors (Lipinski definition) is 2. The summed E-state index contributed by atoms with van der Waals surface area (Å²) in [7, 11) is 0. The second kappa shape index (κ2) is 7.69. The van der Waals surface area contributed by atoms with Crippen molar-refractivity contribution in [3.63, 3.8) is 0 Å². The summed E-state index contributed by atoms with van der Waals surface area (Å²) < 4.78 is 40.8. The maximum atomic E-state index is 13.2. The van der Waals surface area contributed by atoms with Crippen molar-refractivity contribution < 1.29 is 18.0 Å². The number of alkyl halides is 3. The van der Waals surface area contributed by atoms with Crippen LogP contribution in [0.1, 0.15) is 17.0 Å². The predicted molar refractivity (Wildman–Crippen MR) is 96.2 cm³/mol. The zero-order valence-corrected chi connectivity index (χ0v) is 14.7. The minimum atomic E-state index is -4.56. The van der Waals surface area contributed by atoms with E-state index < -0.39 is 18.0 Å². The van der Waals surface area contributed by atoms with Gasteiger partial charge in [-0.05, 0) is 24.6 Å². The van der Waals surface area contributed by atoms with Crippen LogP contribution in [0.3, 0.4) is 0 Å². The van der Waals surface area contributed by atoms with Gasteiger partial charge in [-0.25, -0.2) is 9.78 Å². The quantitative estimate of drug-likeness (QED) is 0.710. The molecule has 27 heavy (non-hydrogen) atoms. The SMILES string of the molecule is Cc1ccc(CNC(=O)NCCn2c(C(F)(F)F)nc3ccccc32)cc1. The Morgan fingerprint density at radius 3 is 2.48 bits per heavy atom. The van der Waals surface area contributed by atoms with Crippen LogP contribution >= 0.6 is 0 Å². The van der Waals surface area contributed by atoms with Crippen LogP contribution in [0.5, 0.6) is 0 Å². The Kier molecular flexibility index (Phi) is 5.34. The molecule has 0 fully saturated rings. The van der Waals surface area contributed by atoms with Gasteiger partial charge in [-0.1, -0.05) is 42.0 Å². The highest BCUT2D eigenvalue weighted by molar-refractivity contribution is 5.76. The van der Waals surface area contributed by atoms with E-state index in [0.717, 1.165) is 15.7 Å². The van der Waals surface area contributed by atoms with E-state index in [4.69, 9.17) is 0 Å².